The van der Waals surface area contributed by atoms with Gasteiger partial charge in [0.2, 0.25) is 0 Å². The van der Waals surface area contributed by atoms with Gasteiger partial charge in [0.1, 0.15) is 6.26 Å². The molecule has 0 radical (unpaired) electrons. The molecule has 3 rings (SSSR count). The lowest BCUT2D eigenvalue weighted by molar-refractivity contribution is 0.102. The van der Waals surface area contributed by atoms with Gasteiger partial charge in [-0.3, -0.25) is 9.78 Å². The minimum absolute atomic E-state index is 0.207. The molecule has 0 aliphatic heterocycles. The Balaban J connectivity index is 1.98. The van der Waals surface area contributed by atoms with Crippen LogP contribution in [0.2, 0.25) is 0 Å². The number of benzene rings is 1. The number of hydrogen-bond donors (Lipinski definition) is 1. The molecule has 0 saturated carbocycles. The van der Waals surface area contributed by atoms with Crippen LogP contribution in [0.25, 0.3) is 10.9 Å². The van der Waals surface area contributed by atoms with Gasteiger partial charge >= 0.3 is 0 Å². The summed E-state index contributed by atoms with van der Waals surface area (Å²) >= 11 is 0. The first kappa shape index (κ1) is 10.5. The van der Waals surface area contributed by atoms with Gasteiger partial charge in [-0.1, -0.05) is 18.2 Å². The van der Waals surface area contributed by atoms with Gasteiger partial charge in [0.25, 0.3) is 5.91 Å². The minimum Gasteiger partial charge on any atom is -0.472 e. The highest BCUT2D eigenvalue weighted by atomic mass is 16.3. The van der Waals surface area contributed by atoms with Crippen molar-refractivity contribution in [1.82, 2.24) is 4.98 Å². The minimum atomic E-state index is -0.207. The molecule has 0 saturated heterocycles. The van der Waals surface area contributed by atoms with Gasteiger partial charge in [-0.2, -0.15) is 0 Å². The number of carbonyl (C=O) groups excluding carboxylic acids is 1. The summed E-state index contributed by atoms with van der Waals surface area (Å²) in [4.78, 5) is 16.2. The number of anilines is 1. The second-order valence-electron chi connectivity index (χ2n) is 3.85. The molecule has 1 aromatic carbocycles. The molecule has 3 aromatic rings. The van der Waals surface area contributed by atoms with E-state index in [0.717, 1.165) is 10.9 Å². The standard InChI is InChI=1S/C14H10N2O2/c17-14(11-6-8-18-9-11)16-12-5-1-3-10-4-2-7-15-13(10)12/h1-9H,(H,16,17). The second-order valence-corrected chi connectivity index (χ2v) is 3.85. The lowest BCUT2D eigenvalue weighted by Crippen LogP contribution is -2.11. The van der Waals surface area contributed by atoms with E-state index in [-0.39, 0.29) is 5.91 Å². The average Bonchev–Trinajstić information content (AvgIpc) is 2.93. The van der Waals surface area contributed by atoms with Crippen LogP contribution in [0.4, 0.5) is 5.69 Å². The second kappa shape index (κ2) is 4.33. The number of hydrogen-bond acceptors (Lipinski definition) is 3. The highest BCUT2D eigenvalue weighted by Gasteiger charge is 2.09. The number of fused-ring (bicyclic) bond motifs is 1. The van der Waals surface area contributed by atoms with Gasteiger partial charge in [0, 0.05) is 11.6 Å². The van der Waals surface area contributed by atoms with Crippen LogP contribution in [-0.4, -0.2) is 10.9 Å². The Morgan fingerprint density at radius 1 is 1.17 bits per heavy atom. The van der Waals surface area contributed by atoms with Crippen molar-refractivity contribution in [3.63, 3.8) is 0 Å². The van der Waals surface area contributed by atoms with Gasteiger partial charge in [0.15, 0.2) is 0 Å². The van der Waals surface area contributed by atoms with Crippen molar-refractivity contribution in [3.8, 4) is 0 Å². The van der Waals surface area contributed by atoms with Crippen LogP contribution in [0, 0.1) is 0 Å². The molecule has 2 heterocycles. The Hall–Kier alpha value is -2.62. The summed E-state index contributed by atoms with van der Waals surface area (Å²) in [6, 6.07) is 11.1. The Morgan fingerprint density at radius 3 is 2.89 bits per heavy atom. The zero-order valence-electron chi connectivity index (χ0n) is 9.46. The monoisotopic (exact) mass is 238 g/mol. The first-order valence-electron chi connectivity index (χ1n) is 5.52. The Morgan fingerprint density at radius 2 is 2.06 bits per heavy atom. The smallest absolute Gasteiger partial charge is 0.258 e. The maximum atomic E-state index is 11.9. The summed E-state index contributed by atoms with van der Waals surface area (Å²) in [5, 5.41) is 3.81. The summed E-state index contributed by atoms with van der Waals surface area (Å²) in [7, 11) is 0. The van der Waals surface area contributed by atoms with E-state index in [4.69, 9.17) is 4.42 Å². The summed E-state index contributed by atoms with van der Waals surface area (Å²) in [6.45, 7) is 0. The normalized spacial score (nSPS) is 10.4. The SMILES string of the molecule is O=C(Nc1cccc2cccnc12)c1ccoc1. The van der Waals surface area contributed by atoms with E-state index in [1.165, 1.54) is 12.5 Å². The zero-order chi connectivity index (χ0) is 12.4. The van der Waals surface area contributed by atoms with E-state index in [0.29, 0.717) is 11.3 Å². The quantitative estimate of drug-likeness (QED) is 0.746. The zero-order valence-corrected chi connectivity index (χ0v) is 9.46. The predicted octanol–water partition coefficient (Wildman–Crippen LogP) is 3.08. The van der Waals surface area contributed by atoms with E-state index in [1.54, 1.807) is 12.3 Å². The van der Waals surface area contributed by atoms with Gasteiger partial charge in [-0.15, -0.1) is 0 Å². The molecular weight excluding hydrogens is 228 g/mol. The number of aromatic nitrogens is 1. The van der Waals surface area contributed by atoms with Crippen molar-refractivity contribution in [1.29, 1.82) is 0 Å². The van der Waals surface area contributed by atoms with Crippen LogP contribution >= 0.6 is 0 Å². The van der Waals surface area contributed by atoms with Crippen LogP contribution in [0.1, 0.15) is 10.4 Å². The van der Waals surface area contributed by atoms with Crippen molar-refractivity contribution >= 4 is 22.5 Å². The molecule has 0 atom stereocenters. The molecule has 0 aliphatic rings. The van der Waals surface area contributed by atoms with Crippen LogP contribution in [0.3, 0.4) is 0 Å². The van der Waals surface area contributed by atoms with Gasteiger partial charge in [-0.25, -0.2) is 0 Å². The van der Waals surface area contributed by atoms with E-state index in [1.807, 2.05) is 30.3 Å². The third-order valence-corrected chi connectivity index (χ3v) is 2.66. The predicted molar refractivity (Wildman–Crippen MR) is 68.4 cm³/mol. The molecule has 4 nitrogen and oxygen atoms in total. The highest BCUT2D eigenvalue weighted by Crippen LogP contribution is 2.21. The molecule has 0 aliphatic carbocycles. The van der Waals surface area contributed by atoms with Crippen molar-refractivity contribution in [2.24, 2.45) is 0 Å². The molecule has 2 aromatic heterocycles. The number of furan rings is 1. The first-order chi connectivity index (χ1) is 8.84. The van der Waals surface area contributed by atoms with E-state index >= 15 is 0 Å². The maximum Gasteiger partial charge on any atom is 0.258 e. The first-order valence-corrected chi connectivity index (χ1v) is 5.52. The molecule has 1 amide bonds. The summed E-state index contributed by atoms with van der Waals surface area (Å²) in [5.41, 5.74) is 1.96. The fourth-order valence-corrected chi connectivity index (χ4v) is 1.79. The highest BCUT2D eigenvalue weighted by molar-refractivity contribution is 6.08. The van der Waals surface area contributed by atoms with Crippen LogP contribution in [0.5, 0.6) is 0 Å². The number of nitrogens with one attached hydrogen (secondary N) is 1. The van der Waals surface area contributed by atoms with Gasteiger partial charge in [0.05, 0.1) is 23.0 Å². The summed E-state index contributed by atoms with van der Waals surface area (Å²) < 4.78 is 4.88. The van der Waals surface area contributed by atoms with Crippen LogP contribution < -0.4 is 5.32 Å². The van der Waals surface area contributed by atoms with E-state index in [2.05, 4.69) is 10.3 Å². The molecule has 1 N–H and O–H groups in total. The molecule has 88 valence electrons. The molecule has 0 spiro atoms. The summed E-state index contributed by atoms with van der Waals surface area (Å²) in [6.07, 6.45) is 4.58. The van der Waals surface area contributed by atoms with E-state index in [9.17, 15) is 4.79 Å². The third kappa shape index (κ3) is 1.84. The molecule has 4 heteroatoms. The third-order valence-electron chi connectivity index (χ3n) is 2.66. The molecular formula is C14H10N2O2. The lowest BCUT2D eigenvalue weighted by atomic mass is 10.2. The fraction of sp³-hybridized carbons (Fsp3) is 0. The molecule has 18 heavy (non-hydrogen) atoms. The Labute approximate surface area is 103 Å². The molecule has 0 bridgehead atoms. The number of amides is 1. The van der Waals surface area contributed by atoms with E-state index < -0.39 is 0 Å². The largest absolute Gasteiger partial charge is 0.472 e. The molecule has 0 unspecified atom stereocenters. The number of nitrogens with zero attached hydrogens (tertiary/aromatic N) is 1. The van der Waals surface area contributed by atoms with Gasteiger partial charge in [-0.05, 0) is 18.2 Å². The lowest BCUT2D eigenvalue weighted by Gasteiger charge is -2.06. The van der Waals surface area contributed by atoms with Crippen molar-refractivity contribution in [3.05, 3.63) is 60.7 Å². The Bertz CT molecular complexity index is 685. The van der Waals surface area contributed by atoms with Gasteiger partial charge < -0.3 is 9.73 Å². The fourth-order valence-electron chi connectivity index (χ4n) is 1.79. The number of pyridine rings is 1. The average molecular weight is 238 g/mol. The van der Waals surface area contributed by atoms with Crippen molar-refractivity contribution < 1.29 is 9.21 Å². The summed E-state index contributed by atoms with van der Waals surface area (Å²) in [5.74, 6) is -0.207. The van der Waals surface area contributed by atoms with Crippen LogP contribution in [-0.2, 0) is 0 Å². The molecule has 0 fully saturated rings. The topological polar surface area (TPSA) is 55.1 Å². The van der Waals surface area contributed by atoms with Crippen molar-refractivity contribution in [2.75, 3.05) is 5.32 Å². The number of carbonyl (C=O) groups is 1. The number of rotatable bonds is 2. The maximum absolute atomic E-state index is 11.9. The Kier molecular flexibility index (Phi) is 2.53. The number of para-hydroxylation sites is 1. The van der Waals surface area contributed by atoms with Crippen molar-refractivity contribution in [2.45, 2.75) is 0 Å². The van der Waals surface area contributed by atoms with Crippen LogP contribution in [0.15, 0.2) is 59.5 Å².